The predicted octanol–water partition coefficient (Wildman–Crippen LogP) is 4.96. The number of benzene rings is 2. The van der Waals surface area contributed by atoms with Crippen LogP contribution in [0.3, 0.4) is 0 Å². The topological polar surface area (TPSA) is 41.9 Å². The average Bonchev–Trinajstić information content (AvgIpc) is 2.61. The van der Waals surface area contributed by atoms with Crippen molar-refractivity contribution in [1.82, 2.24) is 4.90 Å². The molecule has 0 N–H and O–H groups in total. The van der Waals surface area contributed by atoms with Crippen LogP contribution in [-0.4, -0.2) is 36.2 Å². The third kappa shape index (κ3) is 4.72. The Kier molecular flexibility index (Phi) is 6.19. The number of hydrogen-bond donors (Lipinski definition) is 0. The molecule has 138 valence electrons. The number of nitrogens with zero attached hydrogens (tertiary/aromatic N) is 2. The quantitative estimate of drug-likeness (QED) is 0.402. The van der Waals surface area contributed by atoms with Gasteiger partial charge in [-0.25, -0.2) is 4.99 Å². The SMILES string of the molecule is CCN(C)/C=N\c1cc(C)c(C(=O)C(C)(C)Oc2ccccc2)cc1C. The maximum atomic E-state index is 13.1. The van der Waals surface area contributed by atoms with Crippen molar-refractivity contribution in [3.8, 4) is 5.75 Å². The van der Waals surface area contributed by atoms with Gasteiger partial charge in [0.05, 0.1) is 12.0 Å². The van der Waals surface area contributed by atoms with Crippen LogP contribution in [0.5, 0.6) is 5.75 Å². The van der Waals surface area contributed by atoms with Gasteiger partial charge in [-0.1, -0.05) is 18.2 Å². The van der Waals surface area contributed by atoms with Crippen LogP contribution in [0.4, 0.5) is 5.69 Å². The average molecular weight is 352 g/mol. The molecule has 2 aromatic carbocycles. The summed E-state index contributed by atoms with van der Waals surface area (Å²) in [5, 5.41) is 0. The Morgan fingerprint density at radius 2 is 1.81 bits per heavy atom. The number of aliphatic imine (C=N–C) groups is 1. The number of rotatable bonds is 7. The molecule has 0 atom stereocenters. The van der Waals surface area contributed by atoms with Gasteiger partial charge < -0.3 is 9.64 Å². The van der Waals surface area contributed by atoms with Gasteiger partial charge >= 0.3 is 0 Å². The summed E-state index contributed by atoms with van der Waals surface area (Å²) in [6, 6.07) is 13.3. The number of carbonyl (C=O) groups is 1. The Hall–Kier alpha value is -2.62. The molecular formula is C22H28N2O2. The minimum atomic E-state index is -0.953. The van der Waals surface area contributed by atoms with Gasteiger partial charge in [0.2, 0.25) is 5.78 Å². The largest absolute Gasteiger partial charge is 0.480 e. The zero-order valence-electron chi connectivity index (χ0n) is 16.5. The molecule has 0 bridgehead atoms. The highest BCUT2D eigenvalue weighted by Crippen LogP contribution is 2.28. The van der Waals surface area contributed by atoms with Crippen LogP contribution >= 0.6 is 0 Å². The minimum absolute atomic E-state index is 0.0387. The fourth-order valence-electron chi connectivity index (χ4n) is 2.58. The number of carbonyl (C=O) groups excluding carboxylic acids is 1. The molecule has 26 heavy (non-hydrogen) atoms. The molecule has 0 aliphatic heterocycles. The lowest BCUT2D eigenvalue weighted by Gasteiger charge is -2.26. The summed E-state index contributed by atoms with van der Waals surface area (Å²) >= 11 is 0. The van der Waals surface area contributed by atoms with Gasteiger partial charge in [0.15, 0.2) is 5.60 Å². The van der Waals surface area contributed by atoms with Crippen molar-refractivity contribution in [3.05, 3.63) is 59.2 Å². The van der Waals surface area contributed by atoms with E-state index >= 15 is 0 Å². The van der Waals surface area contributed by atoms with E-state index in [1.54, 1.807) is 13.8 Å². The lowest BCUT2D eigenvalue weighted by Crippen LogP contribution is -2.38. The molecule has 2 rings (SSSR count). The number of ketones is 1. The summed E-state index contributed by atoms with van der Waals surface area (Å²) in [4.78, 5) is 19.6. The van der Waals surface area contributed by atoms with Crippen molar-refractivity contribution in [2.75, 3.05) is 13.6 Å². The first kappa shape index (κ1) is 19.7. The standard InChI is InChI=1S/C22H28N2O2/c1-7-24(6)15-23-20-14-16(2)19(13-17(20)3)21(25)22(4,5)26-18-11-9-8-10-12-18/h8-15H,7H2,1-6H3/b23-15-. The third-order valence-electron chi connectivity index (χ3n) is 4.34. The maximum absolute atomic E-state index is 13.1. The molecule has 0 fully saturated rings. The van der Waals surface area contributed by atoms with Crippen molar-refractivity contribution in [2.45, 2.75) is 40.2 Å². The Morgan fingerprint density at radius 3 is 2.42 bits per heavy atom. The van der Waals surface area contributed by atoms with Crippen LogP contribution in [0.25, 0.3) is 0 Å². The van der Waals surface area contributed by atoms with Gasteiger partial charge in [-0.05, 0) is 70.0 Å². The zero-order chi connectivity index (χ0) is 19.3. The highest BCUT2D eigenvalue weighted by molar-refractivity contribution is 6.03. The van der Waals surface area contributed by atoms with E-state index in [0.29, 0.717) is 11.3 Å². The summed E-state index contributed by atoms with van der Waals surface area (Å²) < 4.78 is 5.95. The molecule has 0 saturated carbocycles. The molecule has 0 aliphatic carbocycles. The van der Waals surface area contributed by atoms with Gasteiger partial charge in [-0.3, -0.25) is 4.79 Å². The second-order valence-corrected chi connectivity index (χ2v) is 7.03. The van der Waals surface area contributed by atoms with Crippen molar-refractivity contribution in [2.24, 2.45) is 4.99 Å². The predicted molar refractivity (Wildman–Crippen MR) is 108 cm³/mol. The Morgan fingerprint density at radius 1 is 1.15 bits per heavy atom. The molecule has 0 unspecified atom stereocenters. The smallest absolute Gasteiger partial charge is 0.206 e. The van der Waals surface area contributed by atoms with E-state index < -0.39 is 5.60 Å². The van der Waals surface area contributed by atoms with Crippen molar-refractivity contribution in [1.29, 1.82) is 0 Å². The van der Waals surface area contributed by atoms with Crippen LogP contribution < -0.4 is 4.74 Å². The van der Waals surface area contributed by atoms with Gasteiger partial charge in [0, 0.05) is 19.2 Å². The number of para-hydroxylation sites is 1. The molecular weight excluding hydrogens is 324 g/mol. The van der Waals surface area contributed by atoms with E-state index in [1.165, 1.54) is 0 Å². The number of aryl methyl sites for hydroxylation is 2. The summed E-state index contributed by atoms with van der Waals surface area (Å²) in [6.07, 6.45) is 1.81. The van der Waals surface area contributed by atoms with Gasteiger partial charge in [0.25, 0.3) is 0 Å². The first-order valence-corrected chi connectivity index (χ1v) is 8.89. The van der Waals surface area contributed by atoms with E-state index in [1.807, 2.05) is 74.6 Å². The van der Waals surface area contributed by atoms with Crippen LogP contribution in [0.15, 0.2) is 47.5 Å². The van der Waals surface area contributed by atoms with Gasteiger partial charge in [-0.15, -0.1) is 0 Å². The second kappa shape index (κ2) is 8.17. The molecule has 0 radical (unpaired) electrons. The van der Waals surface area contributed by atoms with E-state index in [2.05, 4.69) is 11.9 Å². The molecule has 4 heteroatoms. The first-order valence-electron chi connectivity index (χ1n) is 8.89. The van der Waals surface area contributed by atoms with E-state index in [9.17, 15) is 4.79 Å². The summed E-state index contributed by atoms with van der Waals surface area (Å²) in [5.41, 5.74) is 2.46. The Labute approximate surface area is 156 Å². The summed E-state index contributed by atoms with van der Waals surface area (Å²) in [5.74, 6) is 0.646. The van der Waals surface area contributed by atoms with Crippen LogP contribution in [0, 0.1) is 13.8 Å². The maximum Gasteiger partial charge on any atom is 0.206 e. The van der Waals surface area contributed by atoms with Crippen LogP contribution in [-0.2, 0) is 0 Å². The first-order chi connectivity index (χ1) is 12.2. The Bertz CT molecular complexity index is 795. The van der Waals surface area contributed by atoms with E-state index in [0.717, 1.165) is 23.4 Å². The van der Waals surface area contributed by atoms with Gasteiger partial charge in [-0.2, -0.15) is 0 Å². The zero-order valence-corrected chi connectivity index (χ0v) is 16.5. The molecule has 0 saturated heterocycles. The molecule has 4 nitrogen and oxygen atoms in total. The number of Topliss-reactive ketones (excluding diaryl/α,β-unsaturated/α-hetero) is 1. The fourth-order valence-corrected chi connectivity index (χ4v) is 2.58. The second-order valence-electron chi connectivity index (χ2n) is 7.03. The monoisotopic (exact) mass is 352 g/mol. The Balaban J connectivity index is 2.28. The molecule has 0 heterocycles. The number of ether oxygens (including phenoxy) is 1. The lowest BCUT2D eigenvalue weighted by atomic mass is 9.91. The van der Waals surface area contributed by atoms with Crippen molar-refractivity contribution < 1.29 is 9.53 Å². The van der Waals surface area contributed by atoms with E-state index in [4.69, 9.17) is 4.74 Å². The molecule has 0 aliphatic rings. The summed E-state index contributed by atoms with van der Waals surface area (Å²) in [6.45, 7) is 10.5. The molecule has 0 aromatic heterocycles. The highest BCUT2D eigenvalue weighted by Gasteiger charge is 2.32. The van der Waals surface area contributed by atoms with Crippen LogP contribution in [0.1, 0.15) is 42.3 Å². The van der Waals surface area contributed by atoms with Crippen molar-refractivity contribution in [3.63, 3.8) is 0 Å². The minimum Gasteiger partial charge on any atom is -0.480 e. The highest BCUT2D eigenvalue weighted by atomic mass is 16.5. The molecule has 0 amide bonds. The van der Waals surface area contributed by atoms with Gasteiger partial charge in [0.1, 0.15) is 5.75 Å². The summed E-state index contributed by atoms with van der Waals surface area (Å²) in [7, 11) is 1.98. The molecule has 0 spiro atoms. The number of hydrogen-bond acceptors (Lipinski definition) is 3. The third-order valence-corrected chi connectivity index (χ3v) is 4.34. The van der Waals surface area contributed by atoms with E-state index in [-0.39, 0.29) is 5.78 Å². The lowest BCUT2D eigenvalue weighted by molar-refractivity contribution is 0.0583. The van der Waals surface area contributed by atoms with Crippen LogP contribution in [0.2, 0.25) is 0 Å². The van der Waals surface area contributed by atoms with Crippen molar-refractivity contribution >= 4 is 17.8 Å². The normalized spacial score (nSPS) is 11.6. The fraction of sp³-hybridized carbons (Fsp3) is 0.364. The molecule has 2 aromatic rings.